The zero-order valence-corrected chi connectivity index (χ0v) is 19.9. The van der Waals surface area contributed by atoms with Crippen molar-refractivity contribution in [1.29, 1.82) is 0 Å². The third kappa shape index (κ3) is 5.61. The molecule has 1 aliphatic heterocycles. The van der Waals surface area contributed by atoms with Crippen LogP contribution >= 0.6 is 0 Å². The highest BCUT2D eigenvalue weighted by molar-refractivity contribution is 6.99. The third-order valence-electron chi connectivity index (χ3n) is 6.40. The lowest BCUT2D eigenvalue weighted by Crippen LogP contribution is -2.66. The molecule has 0 aromatic heterocycles. The zero-order valence-electron chi connectivity index (χ0n) is 18.9. The summed E-state index contributed by atoms with van der Waals surface area (Å²) in [6, 6.07) is 22.7. The molecule has 1 fully saturated rings. The second-order valence-electron chi connectivity index (χ2n) is 9.63. The Morgan fingerprint density at radius 1 is 0.800 bits per heavy atom. The van der Waals surface area contributed by atoms with E-state index in [4.69, 9.17) is 9.53 Å². The summed E-state index contributed by atoms with van der Waals surface area (Å²) in [4.78, 5) is 0. The minimum Gasteiger partial charge on any atom is -0.407 e. The quantitative estimate of drug-likeness (QED) is 0.304. The van der Waals surface area contributed by atoms with Crippen LogP contribution < -0.4 is 15.7 Å². The molecule has 2 aromatic rings. The molecular weight excluding hydrogens is 386 g/mol. The van der Waals surface area contributed by atoms with Crippen LogP contribution in [-0.4, -0.2) is 38.7 Å². The molecule has 1 heterocycles. The molecule has 30 heavy (non-hydrogen) atoms. The van der Waals surface area contributed by atoms with Crippen molar-refractivity contribution in [2.45, 2.75) is 76.4 Å². The number of aliphatic hydroxyl groups excluding tert-OH is 1. The number of nitrogens with one attached hydrogen (secondary N) is 1. The van der Waals surface area contributed by atoms with Gasteiger partial charge >= 0.3 is 0 Å². The second-order valence-corrected chi connectivity index (χ2v) is 13.9. The van der Waals surface area contributed by atoms with Crippen molar-refractivity contribution < 1.29 is 9.53 Å². The molecule has 1 saturated heterocycles. The summed E-state index contributed by atoms with van der Waals surface area (Å²) < 4.78 is 6.95. The van der Waals surface area contributed by atoms with E-state index in [1.807, 2.05) is 0 Å². The van der Waals surface area contributed by atoms with Crippen LogP contribution in [0.5, 0.6) is 0 Å². The van der Waals surface area contributed by atoms with Crippen molar-refractivity contribution in [3.8, 4) is 0 Å². The van der Waals surface area contributed by atoms with E-state index in [1.54, 1.807) is 0 Å². The Labute approximate surface area is 184 Å². The molecule has 2 atom stereocenters. The number of rotatable bonds is 12. The van der Waals surface area contributed by atoms with Crippen molar-refractivity contribution in [2.75, 3.05) is 13.2 Å². The Hall–Kier alpha value is -1.46. The van der Waals surface area contributed by atoms with Gasteiger partial charge < -0.3 is 14.8 Å². The van der Waals surface area contributed by atoms with Crippen LogP contribution in [-0.2, 0) is 4.43 Å². The number of hydrogen-bond acceptors (Lipinski definition) is 3. The minimum absolute atomic E-state index is 0.0518. The lowest BCUT2D eigenvalue weighted by molar-refractivity contribution is 0.286. The first-order chi connectivity index (χ1) is 14.5. The van der Waals surface area contributed by atoms with Crippen LogP contribution in [0.4, 0.5) is 0 Å². The molecular formula is C26H39NO2Si. The van der Waals surface area contributed by atoms with Gasteiger partial charge in [-0.2, -0.15) is 0 Å². The maximum Gasteiger partial charge on any atom is 0.261 e. The normalized spacial score (nSPS) is 19.1. The van der Waals surface area contributed by atoms with Crippen LogP contribution in [0.1, 0.15) is 59.3 Å². The maximum atomic E-state index is 9.09. The van der Waals surface area contributed by atoms with E-state index in [9.17, 15) is 0 Å². The van der Waals surface area contributed by atoms with Gasteiger partial charge in [-0.25, -0.2) is 0 Å². The third-order valence-corrected chi connectivity index (χ3v) is 11.4. The molecule has 1 aliphatic rings. The number of unbranched alkanes of at least 4 members (excludes halogenated alkanes) is 4. The molecule has 2 N–H and O–H groups in total. The van der Waals surface area contributed by atoms with Gasteiger partial charge in [0.05, 0.1) is 6.61 Å². The van der Waals surface area contributed by atoms with Gasteiger partial charge in [0, 0.05) is 18.7 Å². The predicted octanol–water partition coefficient (Wildman–Crippen LogP) is 4.24. The highest BCUT2D eigenvalue weighted by atomic mass is 28.4. The maximum absolute atomic E-state index is 9.09. The standard InChI is InChI=1S/C26H39NO2Si/c1-26(2,3)30(22-15-9-7-10-16-22,23-17-11-8-12-18-23)29-20-14-6-4-5-13-19-24-25(21-28)27-24/h7-12,15-18,24-25,27-28H,4-6,13-14,19-21H2,1-3H3. The van der Waals surface area contributed by atoms with E-state index < -0.39 is 8.32 Å². The van der Waals surface area contributed by atoms with E-state index in [0.717, 1.165) is 13.0 Å². The molecule has 2 unspecified atom stereocenters. The number of benzene rings is 2. The molecule has 2 aromatic carbocycles. The topological polar surface area (TPSA) is 51.4 Å². The fraction of sp³-hybridized carbons (Fsp3) is 0.538. The highest BCUT2D eigenvalue weighted by Gasteiger charge is 2.49. The summed E-state index contributed by atoms with van der Waals surface area (Å²) >= 11 is 0. The summed E-state index contributed by atoms with van der Waals surface area (Å²) in [5, 5.41) is 15.2. The molecule has 3 rings (SSSR count). The van der Waals surface area contributed by atoms with Crippen molar-refractivity contribution in [1.82, 2.24) is 5.32 Å². The van der Waals surface area contributed by atoms with Crippen LogP contribution in [0.2, 0.25) is 5.04 Å². The lowest BCUT2D eigenvalue weighted by atomic mass is 10.1. The highest BCUT2D eigenvalue weighted by Crippen LogP contribution is 2.36. The van der Waals surface area contributed by atoms with Gasteiger partial charge in [0.2, 0.25) is 0 Å². The first-order valence-electron chi connectivity index (χ1n) is 11.6. The van der Waals surface area contributed by atoms with Gasteiger partial charge in [-0.3, -0.25) is 0 Å². The monoisotopic (exact) mass is 425 g/mol. The molecule has 0 amide bonds. The SMILES string of the molecule is CC(C)(C)[Si](OCCCCCCCC1NC1CO)(c1ccccc1)c1ccccc1. The molecule has 0 radical (unpaired) electrons. The van der Waals surface area contributed by atoms with Gasteiger partial charge in [0.1, 0.15) is 0 Å². The first kappa shape index (κ1) is 23.2. The smallest absolute Gasteiger partial charge is 0.261 e. The van der Waals surface area contributed by atoms with E-state index in [1.165, 1.54) is 42.5 Å². The lowest BCUT2D eigenvalue weighted by Gasteiger charge is -2.43. The molecule has 0 bridgehead atoms. The fourth-order valence-corrected chi connectivity index (χ4v) is 9.27. The Morgan fingerprint density at radius 3 is 1.83 bits per heavy atom. The largest absolute Gasteiger partial charge is 0.407 e. The minimum atomic E-state index is -2.38. The number of hydrogen-bond donors (Lipinski definition) is 2. The molecule has 164 valence electrons. The van der Waals surface area contributed by atoms with Crippen molar-refractivity contribution in [3.05, 3.63) is 60.7 Å². The van der Waals surface area contributed by atoms with Crippen LogP contribution in [0.15, 0.2) is 60.7 Å². The predicted molar refractivity (Wildman–Crippen MR) is 129 cm³/mol. The average Bonchev–Trinajstić information content (AvgIpc) is 3.52. The summed E-state index contributed by atoms with van der Waals surface area (Å²) in [7, 11) is -2.38. The summed E-state index contributed by atoms with van der Waals surface area (Å²) in [5.74, 6) is 0. The van der Waals surface area contributed by atoms with E-state index in [-0.39, 0.29) is 11.6 Å². The Balaban J connectivity index is 1.57. The van der Waals surface area contributed by atoms with Gasteiger partial charge in [-0.1, -0.05) is 107 Å². The second kappa shape index (κ2) is 10.7. The van der Waals surface area contributed by atoms with E-state index in [2.05, 4.69) is 86.8 Å². The Bertz CT molecular complexity index is 705. The van der Waals surface area contributed by atoms with Crippen LogP contribution in [0, 0.1) is 0 Å². The Kier molecular flexibility index (Phi) is 8.29. The van der Waals surface area contributed by atoms with Crippen molar-refractivity contribution in [2.24, 2.45) is 0 Å². The summed E-state index contributed by atoms with van der Waals surface area (Å²) in [5.41, 5.74) is 0. The van der Waals surface area contributed by atoms with E-state index >= 15 is 0 Å². The zero-order chi connectivity index (χ0) is 21.5. The van der Waals surface area contributed by atoms with Crippen LogP contribution in [0.3, 0.4) is 0 Å². The molecule has 0 saturated carbocycles. The molecule has 0 aliphatic carbocycles. The average molecular weight is 426 g/mol. The van der Waals surface area contributed by atoms with Gasteiger partial charge in [0.25, 0.3) is 8.32 Å². The first-order valence-corrected chi connectivity index (χ1v) is 13.5. The van der Waals surface area contributed by atoms with Crippen molar-refractivity contribution >= 4 is 18.7 Å². The molecule has 0 spiro atoms. The van der Waals surface area contributed by atoms with Crippen LogP contribution in [0.25, 0.3) is 0 Å². The van der Waals surface area contributed by atoms with Gasteiger partial charge in [-0.15, -0.1) is 0 Å². The molecule has 3 nitrogen and oxygen atoms in total. The summed E-state index contributed by atoms with van der Waals surface area (Å²) in [6.07, 6.45) is 7.33. The Morgan fingerprint density at radius 2 is 1.33 bits per heavy atom. The van der Waals surface area contributed by atoms with Gasteiger partial charge in [-0.05, 0) is 28.3 Å². The summed E-state index contributed by atoms with van der Waals surface area (Å²) in [6.45, 7) is 8.12. The fourth-order valence-electron chi connectivity index (χ4n) is 4.67. The molecule has 4 heteroatoms. The van der Waals surface area contributed by atoms with Gasteiger partial charge in [0.15, 0.2) is 0 Å². The van der Waals surface area contributed by atoms with E-state index in [0.29, 0.717) is 12.1 Å². The number of aliphatic hydroxyl groups is 1. The van der Waals surface area contributed by atoms with Crippen molar-refractivity contribution in [3.63, 3.8) is 0 Å².